The van der Waals surface area contributed by atoms with Crippen molar-refractivity contribution in [3.8, 4) is 11.1 Å². The fourth-order valence-electron chi connectivity index (χ4n) is 6.09. The fourth-order valence-corrected chi connectivity index (χ4v) is 6.09. The topological polar surface area (TPSA) is 115 Å². The average Bonchev–Trinajstić information content (AvgIpc) is 3.90. The van der Waals surface area contributed by atoms with Crippen molar-refractivity contribution in [2.45, 2.75) is 64.7 Å². The number of fused-ring (bicyclic) bond motifs is 1. The highest BCUT2D eigenvalue weighted by molar-refractivity contribution is 5.97. The van der Waals surface area contributed by atoms with Crippen LogP contribution >= 0.6 is 0 Å². The Morgan fingerprint density at radius 1 is 1.12 bits per heavy atom. The maximum absolute atomic E-state index is 15.1. The molecule has 2 heterocycles. The number of aromatic nitrogens is 1. The van der Waals surface area contributed by atoms with Gasteiger partial charge in [-0.3, -0.25) is 14.5 Å². The largest absolute Gasteiger partial charge is 0.465 e. The number of benzene rings is 2. The van der Waals surface area contributed by atoms with Crippen molar-refractivity contribution in [3.05, 3.63) is 69.4 Å². The number of nitrogens with one attached hydrogen (secondary N) is 1. The Morgan fingerprint density at radius 3 is 2.52 bits per heavy atom. The summed E-state index contributed by atoms with van der Waals surface area (Å²) >= 11 is 0. The molecule has 3 aliphatic rings. The van der Waals surface area contributed by atoms with Crippen LogP contribution in [0.25, 0.3) is 21.9 Å². The highest BCUT2D eigenvalue weighted by Crippen LogP contribution is 2.46. The first-order chi connectivity index (χ1) is 20.1. The van der Waals surface area contributed by atoms with Crippen LogP contribution in [0.1, 0.15) is 54.1 Å². The molecule has 0 unspecified atom stereocenters. The molecule has 6 rings (SSSR count). The van der Waals surface area contributed by atoms with Crippen LogP contribution in [0.4, 0.5) is 9.18 Å². The lowest BCUT2D eigenvalue weighted by atomic mass is 9.94. The van der Waals surface area contributed by atoms with E-state index in [2.05, 4.69) is 10.2 Å². The van der Waals surface area contributed by atoms with Crippen LogP contribution in [0.5, 0.6) is 0 Å². The van der Waals surface area contributed by atoms with E-state index in [1.54, 1.807) is 29.7 Å². The minimum Gasteiger partial charge on any atom is -0.465 e. The number of carbonyl (C=O) groups excluding carboxylic acids is 1. The van der Waals surface area contributed by atoms with E-state index in [1.807, 2.05) is 19.2 Å². The summed E-state index contributed by atoms with van der Waals surface area (Å²) in [4.78, 5) is 41.7. The van der Waals surface area contributed by atoms with Crippen molar-refractivity contribution in [3.63, 3.8) is 0 Å². The molecule has 10 heteroatoms. The number of hydrogen-bond donors (Lipinski definition) is 3. The smallest absolute Gasteiger partial charge is 0.407 e. The molecule has 1 saturated heterocycles. The third-order valence-corrected chi connectivity index (χ3v) is 9.15. The zero-order valence-electron chi connectivity index (χ0n) is 24.0. The predicted octanol–water partition coefficient (Wildman–Crippen LogP) is 3.96. The van der Waals surface area contributed by atoms with Gasteiger partial charge in [-0.1, -0.05) is 6.07 Å². The Morgan fingerprint density at radius 2 is 1.88 bits per heavy atom. The van der Waals surface area contributed by atoms with Crippen molar-refractivity contribution in [2.24, 2.45) is 5.41 Å². The van der Waals surface area contributed by atoms with E-state index >= 15 is 4.39 Å². The third-order valence-electron chi connectivity index (χ3n) is 9.15. The lowest BCUT2D eigenvalue weighted by Crippen LogP contribution is -2.53. The number of amides is 2. The summed E-state index contributed by atoms with van der Waals surface area (Å²) < 4.78 is 16.8. The molecule has 42 heavy (non-hydrogen) atoms. The molecule has 0 radical (unpaired) electrons. The molecule has 2 aromatic carbocycles. The fraction of sp³-hybridized carbons (Fsp3) is 0.469. The first-order valence-corrected chi connectivity index (χ1v) is 14.7. The number of aliphatic hydroxyl groups excluding tert-OH is 1. The van der Waals surface area contributed by atoms with E-state index in [9.17, 15) is 24.6 Å². The average molecular weight is 577 g/mol. The number of piperazine rings is 1. The molecule has 2 aliphatic carbocycles. The van der Waals surface area contributed by atoms with Gasteiger partial charge in [0.05, 0.1) is 6.61 Å². The van der Waals surface area contributed by atoms with Crippen molar-refractivity contribution < 1.29 is 24.2 Å². The normalized spacial score (nSPS) is 20.1. The Kier molecular flexibility index (Phi) is 7.31. The van der Waals surface area contributed by atoms with Crippen LogP contribution < -0.4 is 10.9 Å². The molecule has 1 aromatic heterocycles. The Bertz CT molecular complexity index is 1630. The highest BCUT2D eigenvalue weighted by atomic mass is 19.1. The summed E-state index contributed by atoms with van der Waals surface area (Å²) in [6, 6.07) is 8.42. The molecule has 2 amide bonds. The van der Waals surface area contributed by atoms with E-state index in [1.165, 1.54) is 11.0 Å². The maximum atomic E-state index is 15.1. The summed E-state index contributed by atoms with van der Waals surface area (Å²) in [6.07, 6.45) is 4.54. The van der Waals surface area contributed by atoms with Crippen LogP contribution in [0.15, 0.2) is 41.3 Å². The van der Waals surface area contributed by atoms with E-state index < -0.39 is 11.9 Å². The predicted molar refractivity (Wildman–Crippen MR) is 157 cm³/mol. The number of halogens is 1. The van der Waals surface area contributed by atoms with Crippen LogP contribution in [0, 0.1) is 18.2 Å². The molecule has 0 bridgehead atoms. The number of hydrogen-bond acceptors (Lipinski definition) is 5. The molecule has 2 saturated carbocycles. The molecule has 0 spiro atoms. The first kappa shape index (κ1) is 28.4. The lowest BCUT2D eigenvalue weighted by Gasteiger charge is -2.38. The summed E-state index contributed by atoms with van der Waals surface area (Å²) in [5, 5.41) is 23.6. The van der Waals surface area contributed by atoms with Gasteiger partial charge in [-0.15, -0.1) is 0 Å². The van der Waals surface area contributed by atoms with Crippen molar-refractivity contribution in [1.82, 2.24) is 19.7 Å². The first-order valence-electron chi connectivity index (χ1n) is 14.7. The molecule has 222 valence electrons. The molecule has 3 aromatic rings. The Balaban J connectivity index is 1.41. The zero-order chi connectivity index (χ0) is 29.8. The highest BCUT2D eigenvalue weighted by Gasteiger charge is 2.42. The summed E-state index contributed by atoms with van der Waals surface area (Å²) in [5.74, 6) is -0.761. The number of carboxylic acid groups (broad SMARTS) is 1. The number of carbonyl (C=O) groups is 2. The molecule has 3 N–H and O–H groups in total. The van der Waals surface area contributed by atoms with Gasteiger partial charge in [-0.2, -0.15) is 0 Å². The van der Waals surface area contributed by atoms with E-state index in [4.69, 9.17) is 0 Å². The standard InChI is InChI=1S/C32H37FN4O5/c1-19-14-35(9-10-37(19)31(41)42)15-23-16-36(17-32(18-38)7-8-32)30(40)25-6-3-21(11-27(23)25)26-12-22(13-28(33)20(26)2)29(39)34-24-4-5-24/h3,6,11-13,16,19,24,38H,4-5,7-10,14-15,17-18H2,1-2H3,(H,34,39)(H,41,42)/t19-/m0/s1. The van der Waals surface area contributed by atoms with Gasteiger partial charge in [0.2, 0.25) is 0 Å². The van der Waals surface area contributed by atoms with Gasteiger partial charge in [-0.05, 0) is 91.4 Å². The van der Waals surface area contributed by atoms with Crippen molar-refractivity contribution in [2.75, 3.05) is 26.2 Å². The zero-order valence-corrected chi connectivity index (χ0v) is 24.0. The van der Waals surface area contributed by atoms with Gasteiger partial charge in [0.1, 0.15) is 5.82 Å². The minimum absolute atomic E-state index is 0.0237. The second kappa shape index (κ2) is 10.8. The van der Waals surface area contributed by atoms with E-state index in [0.29, 0.717) is 54.8 Å². The van der Waals surface area contributed by atoms with Crippen LogP contribution in [-0.2, 0) is 13.1 Å². The monoisotopic (exact) mass is 576 g/mol. The summed E-state index contributed by atoms with van der Waals surface area (Å²) in [7, 11) is 0. The van der Waals surface area contributed by atoms with E-state index in [-0.39, 0.29) is 41.1 Å². The molecule has 1 aliphatic heterocycles. The lowest BCUT2D eigenvalue weighted by molar-refractivity contribution is 0.0711. The minimum atomic E-state index is -0.930. The van der Waals surface area contributed by atoms with Gasteiger partial charge in [0.15, 0.2) is 0 Å². The van der Waals surface area contributed by atoms with Gasteiger partial charge in [-0.25, -0.2) is 9.18 Å². The molecular formula is C32H37FN4O5. The molecule has 1 atom stereocenters. The van der Waals surface area contributed by atoms with Gasteiger partial charge in [0.25, 0.3) is 11.5 Å². The number of nitrogens with zero attached hydrogens (tertiary/aromatic N) is 3. The second-order valence-electron chi connectivity index (χ2n) is 12.4. The third kappa shape index (κ3) is 5.53. The van der Waals surface area contributed by atoms with Gasteiger partial charge < -0.3 is 25.0 Å². The number of rotatable bonds is 8. The van der Waals surface area contributed by atoms with Gasteiger partial charge in [0, 0.05) is 67.4 Å². The van der Waals surface area contributed by atoms with Crippen LogP contribution in [0.3, 0.4) is 0 Å². The SMILES string of the molecule is Cc1c(F)cc(C(=O)NC2CC2)cc1-c1ccc2c(=O)n(CC3(CO)CC3)cc(CN3CCN(C(=O)O)[C@@H](C)C3)c2c1. The van der Waals surface area contributed by atoms with Crippen molar-refractivity contribution >= 4 is 22.8 Å². The number of pyridine rings is 1. The Hall–Kier alpha value is -3.76. The number of aliphatic hydroxyl groups is 1. The second-order valence-corrected chi connectivity index (χ2v) is 12.4. The quantitative estimate of drug-likeness (QED) is 0.374. The Labute approximate surface area is 243 Å². The van der Waals surface area contributed by atoms with Crippen LogP contribution in [0.2, 0.25) is 0 Å². The summed E-state index contributed by atoms with van der Waals surface area (Å²) in [6.45, 7) is 6.02. The molecule has 3 fully saturated rings. The molecule has 9 nitrogen and oxygen atoms in total. The van der Waals surface area contributed by atoms with E-state index in [0.717, 1.165) is 36.6 Å². The summed E-state index contributed by atoms with van der Waals surface area (Å²) in [5.41, 5.74) is 2.46. The van der Waals surface area contributed by atoms with Crippen LogP contribution in [-0.4, -0.2) is 74.9 Å². The molecular weight excluding hydrogens is 539 g/mol. The van der Waals surface area contributed by atoms with Gasteiger partial charge >= 0.3 is 6.09 Å². The van der Waals surface area contributed by atoms with Crippen molar-refractivity contribution in [1.29, 1.82) is 0 Å². The maximum Gasteiger partial charge on any atom is 0.407 e.